The maximum atomic E-state index is 14.3. The lowest BCUT2D eigenvalue weighted by Gasteiger charge is -2.31. The smallest absolute Gasteiger partial charge is 0.266 e. The average molecular weight is 605 g/mol. The lowest BCUT2D eigenvalue weighted by Crippen LogP contribution is -2.54. The number of hydrogen-bond acceptors (Lipinski definition) is 7. The number of hydrogen-bond donors (Lipinski definition) is 3. The van der Waals surface area contributed by atoms with E-state index >= 15 is 0 Å². The molecule has 1 aliphatic rings. The number of nitrogens with zero attached hydrogens (tertiary/aromatic N) is 4. The molecule has 4 aromatic rings. The van der Waals surface area contributed by atoms with Gasteiger partial charge in [-0.05, 0) is 58.5 Å². The van der Waals surface area contributed by atoms with Crippen LogP contribution in [0.4, 0.5) is 5.69 Å². The van der Waals surface area contributed by atoms with Gasteiger partial charge in [-0.25, -0.2) is 10.4 Å². The molecule has 3 N–H and O–H groups in total. The number of hydrazine groups is 1. The van der Waals surface area contributed by atoms with Crippen LogP contribution in [0.5, 0.6) is 5.75 Å². The Bertz CT molecular complexity index is 1650. The van der Waals surface area contributed by atoms with E-state index in [4.69, 9.17) is 19.6 Å². The molecule has 10 heteroatoms. The molecule has 2 atom stereocenters. The number of ether oxygens (including phenoxy) is 2. The first kappa shape index (κ1) is 31.3. The molecule has 1 amide bonds. The number of aliphatic hydroxyl groups is 1. The summed E-state index contributed by atoms with van der Waals surface area (Å²) in [5.41, 5.74) is 18.3. The summed E-state index contributed by atoms with van der Waals surface area (Å²) in [4.78, 5) is 22.3. The lowest BCUT2D eigenvalue weighted by atomic mass is 9.81. The van der Waals surface area contributed by atoms with Crippen LogP contribution in [0, 0.1) is 0 Å². The summed E-state index contributed by atoms with van der Waals surface area (Å²) in [6.07, 6.45) is 0.650. The molecule has 0 saturated carbocycles. The number of amides is 1. The first-order valence-electron chi connectivity index (χ1n) is 15.0. The fourth-order valence-corrected chi connectivity index (χ4v) is 5.24. The highest BCUT2D eigenvalue weighted by atomic mass is 16.5. The molecule has 0 unspecified atom stereocenters. The Hall–Kier alpha value is -5.15. The molecule has 0 fully saturated rings. The molecule has 1 heterocycles. The van der Waals surface area contributed by atoms with Crippen molar-refractivity contribution in [2.75, 3.05) is 19.8 Å². The van der Waals surface area contributed by atoms with Crippen molar-refractivity contribution < 1.29 is 19.4 Å². The van der Waals surface area contributed by atoms with E-state index in [1.54, 1.807) is 12.1 Å². The molecule has 0 radical (unpaired) electrons. The number of carbonyl (C=O) groups is 1. The van der Waals surface area contributed by atoms with Crippen LogP contribution in [-0.2, 0) is 16.0 Å². The summed E-state index contributed by atoms with van der Waals surface area (Å²) in [5.74, 6) is 0.582. The molecule has 45 heavy (non-hydrogen) atoms. The number of carbonyl (C=O) groups excluding carboxylic acids is 1. The van der Waals surface area contributed by atoms with E-state index in [-0.39, 0.29) is 18.9 Å². The summed E-state index contributed by atoms with van der Waals surface area (Å²) in [7, 11) is 0. The molecule has 1 aliphatic heterocycles. The zero-order valence-electron chi connectivity index (χ0n) is 25.1. The number of nitrogens with one attached hydrogen (secondary N) is 2. The maximum Gasteiger partial charge on any atom is 0.266 e. The van der Waals surface area contributed by atoms with Gasteiger partial charge < -0.3 is 14.6 Å². The van der Waals surface area contributed by atoms with Gasteiger partial charge in [0.05, 0.1) is 6.61 Å². The lowest BCUT2D eigenvalue weighted by molar-refractivity contribution is -0.130. The van der Waals surface area contributed by atoms with E-state index < -0.39 is 11.6 Å². The number of benzene rings is 4. The third-order valence-corrected chi connectivity index (χ3v) is 7.53. The fourth-order valence-electron chi connectivity index (χ4n) is 5.24. The van der Waals surface area contributed by atoms with Gasteiger partial charge >= 0.3 is 0 Å². The third-order valence-electron chi connectivity index (χ3n) is 7.53. The Morgan fingerprint density at radius 3 is 2.38 bits per heavy atom. The summed E-state index contributed by atoms with van der Waals surface area (Å²) >= 11 is 0. The van der Waals surface area contributed by atoms with Crippen LogP contribution in [0.25, 0.3) is 21.6 Å². The van der Waals surface area contributed by atoms with Crippen molar-refractivity contribution in [2.45, 2.75) is 37.8 Å². The molecule has 0 aliphatic carbocycles. The van der Waals surface area contributed by atoms with Crippen LogP contribution in [0.3, 0.4) is 0 Å². The maximum absolute atomic E-state index is 14.3. The molecular weight excluding hydrogens is 568 g/mol. The standard InChI is InChI=1S/C35H36N6O4/c1-2-21-37-40-34(43)35(24-29-11-6-7-12-31(29)39-41-36)32(27-15-13-26(14-16-27)25-9-4-3-5-10-25)45-33(38-35)28-17-19-30(20-18-28)44-23-8-22-42/h3-7,9-20,32,37,42H,2,8,21-24H2,1H3,(H,40,43)/t32-,35-/m0/s1. The average Bonchev–Trinajstić information content (AvgIpc) is 3.47. The van der Waals surface area contributed by atoms with E-state index in [0.29, 0.717) is 48.0 Å². The van der Waals surface area contributed by atoms with Crippen LogP contribution in [0.15, 0.2) is 113 Å². The molecular formula is C35H36N6O4. The molecule has 4 aromatic carbocycles. The quantitative estimate of drug-likeness (QED) is 0.0490. The molecule has 0 bridgehead atoms. The SMILES string of the molecule is CCCNNC(=O)[C@@]1(Cc2ccccc2N=[N+]=[N-])N=C(c2ccc(OCCCO)cc2)O[C@H]1c1ccc(-c2ccccc2)cc1. The Morgan fingerprint density at radius 2 is 1.67 bits per heavy atom. The van der Waals surface area contributed by atoms with Gasteiger partial charge in [0, 0.05) is 42.2 Å². The fraction of sp³-hybridized carbons (Fsp3) is 0.257. The van der Waals surface area contributed by atoms with Gasteiger partial charge in [-0.1, -0.05) is 90.9 Å². The van der Waals surface area contributed by atoms with Crippen LogP contribution in [-0.4, -0.2) is 42.2 Å². The predicted molar refractivity (Wildman–Crippen MR) is 174 cm³/mol. The highest BCUT2D eigenvalue weighted by Crippen LogP contribution is 2.44. The third kappa shape index (κ3) is 7.33. The van der Waals surface area contributed by atoms with E-state index in [0.717, 1.165) is 23.1 Å². The Balaban J connectivity index is 1.59. The normalized spacial score (nSPS) is 17.1. The van der Waals surface area contributed by atoms with Gasteiger partial charge in [0.25, 0.3) is 5.91 Å². The number of azide groups is 1. The minimum absolute atomic E-state index is 0.0521. The van der Waals surface area contributed by atoms with Gasteiger partial charge in [-0.2, -0.15) is 0 Å². The minimum atomic E-state index is -1.46. The van der Waals surface area contributed by atoms with E-state index in [1.165, 1.54) is 0 Å². The molecule has 10 nitrogen and oxygen atoms in total. The Kier molecular flexibility index (Phi) is 10.4. The molecule has 0 saturated heterocycles. The molecule has 230 valence electrons. The van der Waals surface area contributed by atoms with Crippen molar-refractivity contribution >= 4 is 17.5 Å². The first-order valence-corrected chi connectivity index (χ1v) is 15.0. The summed E-state index contributed by atoms with van der Waals surface area (Å²) in [5, 5.41) is 13.0. The summed E-state index contributed by atoms with van der Waals surface area (Å²) in [6, 6.07) is 32.5. The molecule has 0 aromatic heterocycles. The second kappa shape index (κ2) is 15.0. The van der Waals surface area contributed by atoms with Crippen LogP contribution < -0.4 is 15.6 Å². The zero-order valence-corrected chi connectivity index (χ0v) is 25.1. The van der Waals surface area contributed by atoms with E-state index in [9.17, 15) is 10.3 Å². The van der Waals surface area contributed by atoms with Gasteiger partial charge in [-0.3, -0.25) is 10.2 Å². The summed E-state index contributed by atoms with van der Waals surface area (Å²) in [6.45, 7) is 3.03. The van der Waals surface area contributed by atoms with Crippen LogP contribution in [0.2, 0.25) is 0 Å². The summed E-state index contributed by atoms with van der Waals surface area (Å²) < 4.78 is 12.3. The highest BCUT2D eigenvalue weighted by molar-refractivity contribution is 6.01. The minimum Gasteiger partial charge on any atom is -0.494 e. The molecule has 5 rings (SSSR count). The van der Waals surface area contributed by atoms with E-state index in [1.807, 2.05) is 97.9 Å². The number of rotatable bonds is 14. The van der Waals surface area contributed by atoms with Crippen molar-refractivity contribution in [3.63, 3.8) is 0 Å². The second-order valence-electron chi connectivity index (χ2n) is 10.7. The topological polar surface area (TPSA) is 141 Å². The monoisotopic (exact) mass is 604 g/mol. The van der Waals surface area contributed by atoms with Gasteiger partial charge in [0.15, 0.2) is 11.6 Å². The zero-order chi connectivity index (χ0) is 31.5. The van der Waals surface area contributed by atoms with Crippen molar-refractivity contribution in [1.29, 1.82) is 0 Å². The second-order valence-corrected chi connectivity index (χ2v) is 10.7. The molecule has 0 spiro atoms. The van der Waals surface area contributed by atoms with Gasteiger partial charge in [0.2, 0.25) is 5.90 Å². The Labute approximate surface area is 262 Å². The van der Waals surface area contributed by atoms with Crippen molar-refractivity contribution in [3.05, 3.63) is 130 Å². The highest BCUT2D eigenvalue weighted by Gasteiger charge is 2.53. The van der Waals surface area contributed by atoms with Gasteiger partial charge in [0.1, 0.15) is 5.75 Å². The van der Waals surface area contributed by atoms with Crippen molar-refractivity contribution in [2.24, 2.45) is 10.1 Å². The largest absolute Gasteiger partial charge is 0.494 e. The first-order chi connectivity index (χ1) is 22.1. The number of aliphatic imine (C=N–C) groups is 1. The van der Waals surface area contributed by atoms with Crippen molar-refractivity contribution in [1.82, 2.24) is 10.9 Å². The van der Waals surface area contributed by atoms with Crippen LogP contribution >= 0.6 is 0 Å². The number of aliphatic hydroxyl groups excluding tert-OH is 1. The van der Waals surface area contributed by atoms with E-state index in [2.05, 4.69) is 20.9 Å². The predicted octanol–water partition coefficient (Wildman–Crippen LogP) is 6.59. The van der Waals surface area contributed by atoms with Gasteiger partial charge in [-0.15, -0.1) is 0 Å². The Morgan fingerprint density at radius 1 is 0.978 bits per heavy atom. The van der Waals surface area contributed by atoms with Crippen LogP contribution in [0.1, 0.15) is 42.6 Å². The van der Waals surface area contributed by atoms with Crippen molar-refractivity contribution in [3.8, 4) is 16.9 Å².